The molecule has 1 aromatic carbocycles. The molecular formula is C18H25N3O2. The van der Waals surface area contributed by atoms with Gasteiger partial charge in [-0.2, -0.15) is 5.26 Å². The van der Waals surface area contributed by atoms with Gasteiger partial charge in [-0.1, -0.05) is 13.8 Å². The maximum absolute atomic E-state index is 12.3. The van der Waals surface area contributed by atoms with E-state index < -0.39 is 0 Å². The first kappa shape index (κ1) is 17.5. The van der Waals surface area contributed by atoms with Gasteiger partial charge in [0.05, 0.1) is 24.8 Å². The van der Waals surface area contributed by atoms with Gasteiger partial charge in [0.25, 0.3) is 5.91 Å². The highest BCUT2D eigenvalue weighted by Crippen LogP contribution is 2.13. The van der Waals surface area contributed by atoms with Crippen LogP contribution in [0, 0.1) is 17.2 Å². The molecule has 1 heterocycles. The predicted molar refractivity (Wildman–Crippen MR) is 89.1 cm³/mol. The number of rotatable bonds is 6. The lowest BCUT2D eigenvalue weighted by Crippen LogP contribution is -2.49. The van der Waals surface area contributed by atoms with E-state index in [1.54, 1.807) is 24.3 Å². The van der Waals surface area contributed by atoms with Gasteiger partial charge >= 0.3 is 0 Å². The minimum Gasteiger partial charge on any atom is -0.379 e. The molecule has 23 heavy (non-hydrogen) atoms. The van der Waals surface area contributed by atoms with Crippen LogP contribution in [0.15, 0.2) is 24.3 Å². The smallest absolute Gasteiger partial charge is 0.251 e. The van der Waals surface area contributed by atoms with Crippen LogP contribution in [0.4, 0.5) is 0 Å². The van der Waals surface area contributed by atoms with Gasteiger partial charge in [-0.25, -0.2) is 0 Å². The Balaban J connectivity index is 1.93. The zero-order valence-electron chi connectivity index (χ0n) is 13.9. The lowest BCUT2D eigenvalue weighted by molar-refractivity contribution is 0.0124. The van der Waals surface area contributed by atoms with Gasteiger partial charge in [-0.15, -0.1) is 0 Å². The zero-order chi connectivity index (χ0) is 16.7. The lowest BCUT2D eigenvalue weighted by atomic mass is 10.0. The maximum Gasteiger partial charge on any atom is 0.251 e. The fourth-order valence-corrected chi connectivity index (χ4v) is 2.86. The zero-order valence-corrected chi connectivity index (χ0v) is 13.9. The molecule has 0 saturated carbocycles. The molecule has 0 radical (unpaired) electrons. The Labute approximate surface area is 138 Å². The Bertz CT molecular complexity index is 542. The van der Waals surface area contributed by atoms with Crippen LogP contribution in [0.2, 0.25) is 0 Å². The fourth-order valence-electron chi connectivity index (χ4n) is 2.86. The van der Waals surface area contributed by atoms with Gasteiger partial charge in [0.15, 0.2) is 0 Å². The second kappa shape index (κ2) is 8.66. The van der Waals surface area contributed by atoms with Crippen molar-refractivity contribution in [2.24, 2.45) is 5.92 Å². The molecule has 1 aliphatic heterocycles. The normalized spacial score (nSPS) is 16.8. The van der Waals surface area contributed by atoms with E-state index in [4.69, 9.17) is 10.00 Å². The van der Waals surface area contributed by atoms with E-state index in [2.05, 4.69) is 30.1 Å². The molecule has 1 amide bonds. The number of amides is 1. The second-order valence-electron chi connectivity index (χ2n) is 6.33. The molecule has 1 atom stereocenters. The summed E-state index contributed by atoms with van der Waals surface area (Å²) in [6.45, 7) is 8.41. The first-order chi connectivity index (χ1) is 11.1. The average Bonchev–Trinajstić information content (AvgIpc) is 2.59. The number of hydrogen-bond acceptors (Lipinski definition) is 4. The van der Waals surface area contributed by atoms with Crippen molar-refractivity contribution in [3.05, 3.63) is 35.4 Å². The molecular weight excluding hydrogens is 290 g/mol. The SMILES string of the molecule is CC(C)C[C@@H](CNC(=O)c1ccc(C#N)cc1)N1CCOCC1. The molecule has 2 rings (SSSR count). The van der Waals surface area contributed by atoms with Crippen LogP contribution in [0.25, 0.3) is 0 Å². The molecule has 0 unspecified atom stereocenters. The predicted octanol–water partition coefficient (Wildman–Crippen LogP) is 2.03. The first-order valence-corrected chi connectivity index (χ1v) is 8.20. The van der Waals surface area contributed by atoms with E-state index in [1.807, 2.05) is 0 Å². The van der Waals surface area contributed by atoms with Crippen molar-refractivity contribution in [3.8, 4) is 6.07 Å². The van der Waals surface area contributed by atoms with Crippen LogP contribution < -0.4 is 5.32 Å². The Morgan fingerprint density at radius 3 is 2.52 bits per heavy atom. The van der Waals surface area contributed by atoms with E-state index in [0.29, 0.717) is 29.6 Å². The average molecular weight is 315 g/mol. The number of benzene rings is 1. The van der Waals surface area contributed by atoms with Crippen LogP contribution in [-0.4, -0.2) is 49.7 Å². The molecule has 1 N–H and O–H groups in total. The number of morpholine rings is 1. The van der Waals surface area contributed by atoms with Gasteiger partial charge in [0.1, 0.15) is 0 Å². The molecule has 0 spiro atoms. The number of nitriles is 1. The number of hydrogen-bond donors (Lipinski definition) is 1. The van der Waals surface area contributed by atoms with Gasteiger partial charge in [0, 0.05) is 31.2 Å². The third kappa shape index (κ3) is 5.34. The summed E-state index contributed by atoms with van der Waals surface area (Å²) in [4.78, 5) is 14.7. The van der Waals surface area contributed by atoms with Crippen molar-refractivity contribution in [2.75, 3.05) is 32.8 Å². The van der Waals surface area contributed by atoms with Crippen molar-refractivity contribution in [1.29, 1.82) is 5.26 Å². The van der Waals surface area contributed by atoms with Crippen LogP contribution in [-0.2, 0) is 4.74 Å². The number of ether oxygens (including phenoxy) is 1. The summed E-state index contributed by atoms with van der Waals surface area (Å²) < 4.78 is 5.42. The number of carbonyl (C=O) groups excluding carboxylic acids is 1. The Morgan fingerprint density at radius 2 is 1.96 bits per heavy atom. The monoisotopic (exact) mass is 315 g/mol. The van der Waals surface area contributed by atoms with Gasteiger partial charge in [-0.05, 0) is 36.6 Å². The summed E-state index contributed by atoms with van der Waals surface area (Å²) >= 11 is 0. The minimum absolute atomic E-state index is 0.0866. The van der Waals surface area contributed by atoms with E-state index in [1.165, 1.54) is 0 Å². The molecule has 0 aromatic heterocycles. The van der Waals surface area contributed by atoms with Crippen LogP contribution in [0.5, 0.6) is 0 Å². The van der Waals surface area contributed by atoms with Crippen LogP contribution in [0.1, 0.15) is 36.2 Å². The van der Waals surface area contributed by atoms with Crippen molar-refractivity contribution in [2.45, 2.75) is 26.3 Å². The summed E-state index contributed by atoms with van der Waals surface area (Å²) in [6.07, 6.45) is 1.05. The molecule has 1 aromatic rings. The Kier molecular flexibility index (Phi) is 6.57. The van der Waals surface area contributed by atoms with E-state index in [9.17, 15) is 4.79 Å². The highest BCUT2D eigenvalue weighted by Gasteiger charge is 2.22. The second-order valence-corrected chi connectivity index (χ2v) is 6.33. The first-order valence-electron chi connectivity index (χ1n) is 8.20. The van der Waals surface area contributed by atoms with E-state index in [-0.39, 0.29) is 5.91 Å². The molecule has 1 aliphatic rings. The number of carbonyl (C=O) groups is 1. The van der Waals surface area contributed by atoms with Gasteiger partial charge in [0.2, 0.25) is 0 Å². The Hall–Kier alpha value is -1.90. The van der Waals surface area contributed by atoms with Crippen molar-refractivity contribution >= 4 is 5.91 Å². The summed E-state index contributed by atoms with van der Waals surface area (Å²) in [5, 5.41) is 11.8. The summed E-state index contributed by atoms with van der Waals surface area (Å²) in [7, 11) is 0. The van der Waals surface area contributed by atoms with Crippen molar-refractivity contribution < 1.29 is 9.53 Å². The molecule has 0 bridgehead atoms. The van der Waals surface area contributed by atoms with Gasteiger partial charge in [-0.3, -0.25) is 9.69 Å². The highest BCUT2D eigenvalue weighted by atomic mass is 16.5. The van der Waals surface area contributed by atoms with Crippen molar-refractivity contribution in [3.63, 3.8) is 0 Å². The molecule has 1 fully saturated rings. The number of nitrogens with zero attached hydrogens (tertiary/aromatic N) is 2. The third-order valence-corrected chi connectivity index (χ3v) is 4.08. The molecule has 124 valence electrons. The summed E-state index contributed by atoms with van der Waals surface area (Å²) in [5.41, 5.74) is 1.15. The molecule has 5 nitrogen and oxygen atoms in total. The molecule has 5 heteroatoms. The molecule has 1 saturated heterocycles. The van der Waals surface area contributed by atoms with Crippen LogP contribution >= 0.6 is 0 Å². The largest absolute Gasteiger partial charge is 0.379 e. The van der Waals surface area contributed by atoms with Crippen molar-refractivity contribution in [1.82, 2.24) is 10.2 Å². The third-order valence-electron chi connectivity index (χ3n) is 4.08. The lowest BCUT2D eigenvalue weighted by Gasteiger charge is -2.35. The standard InChI is InChI=1S/C18H25N3O2/c1-14(2)11-17(21-7-9-23-10-8-21)13-20-18(22)16-5-3-15(12-19)4-6-16/h3-6,14,17H,7-11,13H2,1-2H3,(H,20,22)/t17-/m0/s1. The van der Waals surface area contributed by atoms with Gasteiger partial charge < -0.3 is 10.1 Å². The highest BCUT2D eigenvalue weighted by molar-refractivity contribution is 5.94. The fraction of sp³-hybridized carbons (Fsp3) is 0.556. The van der Waals surface area contributed by atoms with Crippen LogP contribution in [0.3, 0.4) is 0 Å². The molecule has 0 aliphatic carbocycles. The summed E-state index contributed by atoms with van der Waals surface area (Å²) in [5.74, 6) is 0.492. The maximum atomic E-state index is 12.3. The quantitative estimate of drug-likeness (QED) is 0.872. The Morgan fingerprint density at radius 1 is 1.30 bits per heavy atom. The number of nitrogens with one attached hydrogen (secondary N) is 1. The van der Waals surface area contributed by atoms with E-state index in [0.717, 1.165) is 32.7 Å². The summed E-state index contributed by atoms with van der Waals surface area (Å²) in [6, 6.07) is 9.12. The topological polar surface area (TPSA) is 65.4 Å². The van der Waals surface area contributed by atoms with E-state index >= 15 is 0 Å². The minimum atomic E-state index is -0.0866.